The molecule has 122 valence electrons. The lowest BCUT2D eigenvalue weighted by molar-refractivity contribution is 0.306. The molecule has 2 rings (SSSR count). The minimum Gasteiger partial charge on any atom is -0.493 e. The van der Waals surface area contributed by atoms with Crippen molar-refractivity contribution in [3.8, 4) is 5.75 Å². The van der Waals surface area contributed by atoms with Crippen molar-refractivity contribution < 1.29 is 4.74 Å². The molecule has 1 aromatic carbocycles. The Bertz CT molecular complexity index is 715. The highest BCUT2D eigenvalue weighted by Crippen LogP contribution is 2.17. The van der Waals surface area contributed by atoms with Gasteiger partial charge in [-0.2, -0.15) is 10.2 Å². The van der Waals surface area contributed by atoms with Gasteiger partial charge in [-0.05, 0) is 18.6 Å². The van der Waals surface area contributed by atoms with E-state index in [9.17, 15) is 4.79 Å². The summed E-state index contributed by atoms with van der Waals surface area (Å²) in [5.74, 6) is 0.768. The van der Waals surface area contributed by atoms with E-state index in [1.54, 1.807) is 6.21 Å². The van der Waals surface area contributed by atoms with Crippen LogP contribution in [0.4, 0.5) is 5.69 Å². The number of anilines is 1. The van der Waals surface area contributed by atoms with E-state index < -0.39 is 5.56 Å². The predicted molar refractivity (Wildman–Crippen MR) is 92.5 cm³/mol. The molecule has 0 aliphatic rings. The third-order valence-corrected chi connectivity index (χ3v) is 3.48. The topological polar surface area (TPSA) is 79.4 Å². The quantitative estimate of drug-likeness (QED) is 0.440. The van der Waals surface area contributed by atoms with E-state index in [0.29, 0.717) is 12.3 Å². The summed E-state index contributed by atoms with van der Waals surface area (Å²) in [6.07, 6.45) is 6.34. The maximum absolute atomic E-state index is 11.3. The summed E-state index contributed by atoms with van der Waals surface area (Å²) in [4.78, 5) is 11.3. The zero-order valence-electron chi connectivity index (χ0n) is 12.9. The molecule has 1 heterocycles. The van der Waals surface area contributed by atoms with Crippen LogP contribution in [0.2, 0.25) is 5.02 Å². The average Bonchev–Trinajstić information content (AvgIpc) is 2.57. The van der Waals surface area contributed by atoms with Gasteiger partial charge in [-0.3, -0.25) is 10.2 Å². The smallest absolute Gasteiger partial charge is 0.285 e. The Labute approximate surface area is 139 Å². The van der Waals surface area contributed by atoms with Crippen molar-refractivity contribution in [3.05, 3.63) is 51.4 Å². The number of halogens is 1. The van der Waals surface area contributed by atoms with Crippen LogP contribution in [0.15, 0.2) is 40.4 Å². The van der Waals surface area contributed by atoms with Crippen LogP contribution in [0.3, 0.4) is 0 Å². The molecule has 2 aromatic rings. The summed E-state index contributed by atoms with van der Waals surface area (Å²) >= 11 is 5.86. The van der Waals surface area contributed by atoms with E-state index in [0.717, 1.165) is 30.6 Å². The van der Waals surface area contributed by atoms with Gasteiger partial charge in [-0.15, -0.1) is 0 Å². The van der Waals surface area contributed by atoms with Gasteiger partial charge in [0.1, 0.15) is 16.5 Å². The van der Waals surface area contributed by atoms with Crippen molar-refractivity contribution in [1.29, 1.82) is 0 Å². The van der Waals surface area contributed by atoms with E-state index in [4.69, 9.17) is 16.3 Å². The maximum Gasteiger partial charge on any atom is 0.285 e. The first-order valence-corrected chi connectivity index (χ1v) is 7.84. The molecule has 0 unspecified atom stereocenters. The number of nitrogens with one attached hydrogen (secondary N) is 2. The van der Waals surface area contributed by atoms with Crippen LogP contribution in [0.5, 0.6) is 5.75 Å². The predicted octanol–water partition coefficient (Wildman–Crippen LogP) is 3.44. The molecule has 0 aliphatic carbocycles. The number of rotatable bonds is 8. The van der Waals surface area contributed by atoms with Crippen LogP contribution >= 0.6 is 11.6 Å². The number of ether oxygens (including phenoxy) is 1. The Morgan fingerprint density at radius 1 is 1.39 bits per heavy atom. The number of aromatic amines is 1. The van der Waals surface area contributed by atoms with Gasteiger partial charge in [0.2, 0.25) is 0 Å². The van der Waals surface area contributed by atoms with Crippen LogP contribution < -0.4 is 15.7 Å². The Hall–Kier alpha value is -2.34. The second-order valence-corrected chi connectivity index (χ2v) is 5.27. The van der Waals surface area contributed by atoms with Gasteiger partial charge in [0.15, 0.2) is 0 Å². The molecule has 0 bridgehead atoms. The van der Waals surface area contributed by atoms with Gasteiger partial charge in [0.05, 0.1) is 19.0 Å². The van der Waals surface area contributed by atoms with Crippen molar-refractivity contribution in [2.24, 2.45) is 5.10 Å². The summed E-state index contributed by atoms with van der Waals surface area (Å²) in [6.45, 7) is 2.83. The first-order valence-electron chi connectivity index (χ1n) is 7.46. The lowest BCUT2D eigenvalue weighted by atomic mass is 10.2. The second-order valence-electron chi connectivity index (χ2n) is 4.89. The van der Waals surface area contributed by atoms with Crippen molar-refractivity contribution in [2.75, 3.05) is 12.0 Å². The molecule has 7 heteroatoms. The molecular weight excluding hydrogens is 316 g/mol. The van der Waals surface area contributed by atoms with Crippen LogP contribution in [0.1, 0.15) is 31.7 Å². The first-order chi connectivity index (χ1) is 11.2. The Kier molecular flexibility index (Phi) is 6.62. The van der Waals surface area contributed by atoms with E-state index in [1.807, 2.05) is 24.3 Å². The maximum atomic E-state index is 11.3. The van der Waals surface area contributed by atoms with Gasteiger partial charge in [-0.1, -0.05) is 43.5 Å². The Morgan fingerprint density at radius 3 is 3.04 bits per heavy atom. The third kappa shape index (κ3) is 5.10. The molecular formula is C16H19ClN4O2. The largest absolute Gasteiger partial charge is 0.493 e. The number of H-pyrrole nitrogens is 1. The third-order valence-electron chi connectivity index (χ3n) is 3.11. The van der Waals surface area contributed by atoms with E-state index in [2.05, 4.69) is 27.6 Å². The Morgan fingerprint density at radius 2 is 2.22 bits per heavy atom. The molecule has 1 aromatic heterocycles. The Balaban J connectivity index is 2.01. The highest BCUT2D eigenvalue weighted by Gasteiger charge is 2.04. The number of nitrogens with zero attached hydrogens (tertiary/aromatic N) is 2. The van der Waals surface area contributed by atoms with Crippen LogP contribution in [0.25, 0.3) is 0 Å². The van der Waals surface area contributed by atoms with E-state index in [-0.39, 0.29) is 5.02 Å². The number of benzene rings is 1. The second kappa shape index (κ2) is 8.95. The number of hydrogen-bond donors (Lipinski definition) is 2. The lowest BCUT2D eigenvalue weighted by Crippen LogP contribution is -2.10. The first kappa shape index (κ1) is 17.0. The van der Waals surface area contributed by atoms with Crippen LogP contribution in [-0.4, -0.2) is 23.0 Å². The fourth-order valence-electron chi connectivity index (χ4n) is 1.89. The van der Waals surface area contributed by atoms with Crippen molar-refractivity contribution in [2.45, 2.75) is 26.2 Å². The fourth-order valence-corrected chi connectivity index (χ4v) is 2.02. The molecule has 0 saturated heterocycles. The van der Waals surface area contributed by atoms with Crippen molar-refractivity contribution >= 4 is 23.5 Å². The molecule has 0 fully saturated rings. The number of aromatic nitrogens is 2. The highest BCUT2D eigenvalue weighted by molar-refractivity contribution is 6.32. The summed E-state index contributed by atoms with van der Waals surface area (Å²) in [6, 6.07) is 7.62. The summed E-state index contributed by atoms with van der Waals surface area (Å²) in [5, 5.41) is 10.0. The molecule has 23 heavy (non-hydrogen) atoms. The minimum atomic E-state index is -0.466. The molecule has 6 nitrogen and oxygen atoms in total. The molecule has 2 N–H and O–H groups in total. The number of para-hydroxylation sites is 1. The molecule has 0 spiro atoms. The molecule has 0 amide bonds. The molecule has 0 saturated carbocycles. The standard InChI is InChI=1S/C16H19ClN4O2/c1-2-3-6-9-23-14-8-5-4-7-12(14)10-18-20-13-11-19-21-16(22)15(13)17/h4-5,7-8,10-11H,2-3,6,9H2,1H3,(H2,20,21,22)/b18-10+. The highest BCUT2D eigenvalue weighted by atomic mass is 35.5. The van der Waals surface area contributed by atoms with E-state index >= 15 is 0 Å². The van der Waals surface area contributed by atoms with Crippen LogP contribution in [0, 0.1) is 0 Å². The van der Waals surface area contributed by atoms with Gasteiger partial charge in [-0.25, -0.2) is 5.10 Å². The zero-order valence-corrected chi connectivity index (χ0v) is 13.6. The number of unbranched alkanes of at least 4 members (excludes halogenated alkanes) is 2. The summed E-state index contributed by atoms with van der Waals surface area (Å²) in [7, 11) is 0. The molecule has 0 aliphatic heterocycles. The number of hydrazone groups is 1. The van der Waals surface area contributed by atoms with Gasteiger partial charge < -0.3 is 4.74 Å². The van der Waals surface area contributed by atoms with Gasteiger partial charge in [0.25, 0.3) is 5.56 Å². The van der Waals surface area contributed by atoms with E-state index in [1.165, 1.54) is 6.20 Å². The van der Waals surface area contributed by atoms with Crippen molar-refractivity contribution in [1.82, 2.24) is 10.2 Å². The molecule has 0 radical (unpaired) electrons. The zero-order chi connectivity index (χ0) is 16.5. The van der Waals surface area contributed by atoms with Gasteiger partial charge in [0, 0.05) is 5.56 Å². The SMILES string of the molecule is CCCCCOc1ccccc1/C=N/Nc1cn[nH]c(=O)c1Cl. The lowest BCUT2D eigenvalue weighted by Gasteiger charge is -2.08. The van der Waals surface area contributed by atoms with Gasteiger partial charge >= 0.3 is 0 Å². The summed E-state index contributed by atoms with van der Waals surface area (Å²) < 4.78 is 5.77. The average molecular weight is 335 g/mol. The fraction of sp³-hybridized carbons (Fsp3) is 0.312. The monoisotopic (exact) mass is 334 g/mol. The number of hydrogen-bond acceptors (Lipinski definition) is 5. The van der Waals surface area contributed by atoms with Crippen molar-refractivity contribution in [3.63, 3.8) is 0 Å². The minimum absolute atomic E-state index is 0.0150. The molecule has 0 atom stereocenters. The summed E-state index contributed by atoms with van der Waals surface area (Å²) in [5.41, 5.74) is 3.42. The van der Waals surface area contributed by atoms with Crippen LogP contribution in [-0.2, 0) is 0 Å². The normalized spacial score (nSPS) is 10.9.